The van der Waals surface area contributed by atoms with Gasteiger partial charge in [0.15, 0.2) is 0 Å². The third-order valence-electron chi connectivity index (χ3n) is 3.18. The molecule has 0 spiro atoms. The second-order valence-electron chi connectivity index (χ2n) is 4.82. The molecule has 1 unspecified atom stereocenters. The predicted molar refractivity (Wildman–Crippen MR) is 74.5 cm³/mol. The molecule has 1 aromatic carbocycles. The predicted octanol–water partition coefficient (Wildman–Crippen LogP) is 2.33. The molecule has 1 heterocycles. The molecule has 0 radical (unpaired) electrons. The van der Waals surface area contributed by atoms with Crippen LogP contribution in [0.3, 0.4) is 0 Å². The van der Waals surface area contributed by atoms with Crippen LogP contribution in [-0.2, 0) is 4.74 Å². The molecule has 1 atom stereocenters. The lowest BCUT2D eigenvalue weighted by Gasteiger charge is -2.23. The fourth-order valence-electron chi connectivity index (χ4n) is 2.06. The maximum atomic E-state index is 12.0. The Hall–Kier alpha value is -1.07. The SMILES string of the molecule is CC1(CNC(=O)c2cc(Br)ccc2N)CCCO1. The van der Waals surface area contributed by atoms with E-state index >= 15 is 0 Å². The molecular weight excluding hydrogens is 296 g/mol. The first-order valence-corrected chi connectivity index (χ1v) is 6.77. The summed E-state index contributed by atoms with van der Waals surface area (Å²) in [6, 6.07) is 5.25. The Bertz CT molecular complexity index is 456. The Balaban J connectivity index is 2.01. The van der Waals surface area contributed by atoms with Gasteiger partial charge in [-0.25, -0.2) is 0 Å². The van der Waals surface area contributed by atoms with Crippen molar-refractivity contribution < 1.29 is 9.53 Å². The Morgan fingerprint density at radius 1 is 1.61 bits per heavy atom. The second kappa shape index (κ2) is 5.28. The van der Waals surface area contributed by atoms with E-state index in [1.807, 2.05) is 13.0 Å². The number of ether oxygens (including phenoxy) is 1. The van der Waals surface area contributed by atoms with E-state index in [1.54, 1.807) is 12.1 Å². The summed E-state index contributed by atoms with van der Waals surface area (Å²) in [5.74, 6) is -0.162. The van der Waals surface area contributed by atoms with Crippen molar-refractivity contribution in [2.45, 2.75) is 25.4 Å². The Morgan fingerprint density at radius 2 is 2.39 bits per heavy atom. The van der Waals surface area contributed by atoms with E-state index in [0.29, 0.717) is 17.8 Å². The summed E-state index contributed by atoms with van der Waals surface area (Å²) in [7, 11) is 0. The molecule has 5 heteroatoms. The van der Waals surface area contributed by atoms with Crippen LogP contribution < -0.4 is 11.1 Å². The summed E-state index contributed by atoms with van der Waals surface area (Å²) in [4.78, 5) is 12.0. The van der Waals surface area contributed by atoms with Gasteiger partial charge in [-0.05, 0) is 38.0 Å². The number of benzene rings is 1. The van der Waals surface area contributed by atoms with Gasteiger partial charge in [0.2, 0.25) is 0 Å². The average molecular weight is 313 g/mol. The van der Waals surface area contributed by atoms with E-state index in [1.165, 1.54) is 0 Å². The van der Waals surface area contributed by atoms with Crippen molar-refractivity contribution in [3.8, 4) is 0 Å². The lowest BCUT2D eigenvalue weighted by Crippen LogP contribution is -2.40. The number of amides is 1. The smallest absolute Gasteiger partial charge is 0.253 e. The van der Waals surface area contributed by atoms with Gasteiger partial charge in [0, 0.05) is 23.3 Å². The molecule has 1 amide bonds. The fourth-order valence-corrected chi connectivity index (χ4v) is 2.42. The molecule has 3 N–H and O–H groups in total. The number of rotatable bonds is 3. The molecule has 0 aliphatic carbocycles. The van der Waals surface area contributed by atoms with Crippen molar-refractivity contribution >= 4 is 27.5 Å². The highest BCUT2D eigenvalue weighted by molar-refractivity contribution is 9.10. The lowest BCUT2D eigenvalue weighted by molar-refractivity contribution is 0.0206. The standard InChI is InChI=1S/C13H17BrN2O2/c1-13(5-2-6-18-13)8-16-12(17)10-7-9(14)3-4-11(10)15/h3-4,7H,2,5-6,8,15H2,1H3,(H,16,17). The molecule has 1 aliphatic heterocycles. The van der Waals surface area contributed by atoms with Crippen LogP contribution in [0.2, 0.25) is 0 Å². The zero-order valence-electron chi connectivity index (χ0n) is 10.3. The van der Waals surface area contributed by atoms with Crippen LogP contribution in [-0.4, -0.2) is 24.7 Å². The van der Waals surface area contributed by atoms with Gasteiger partial charge in [0.1, 0.15) is 0 Å². The van der Waals surface area contributed by atoms with Crippen molar-refractivity contribution in [3.63, 3.8) is 0 Å². The highest BCUT2D eigenvalue weighted by atomic mass is 79.9. The number of hydrogen-bond acceptors (Lipinski definition) is 3. The number of halogens is 1. The highest BCUT2D eigenvalue weighted by Gasteiger charge is 2.30. The Morgan fingerprint density at radius 3 is 3.06 bits per heavy atom. The maximum absolute atomic E-state index is 12.0. The van der Waals surface area contributed by atoms with Gasteiger partial charge in [0.05, 0.1) is 11.2 Å². The number of carbonyl (C=O) groups is 1. The number of nitrogens with two attached hydrogens (primary N) is 1. The molecule has 18 heavy (non-hydrogen) atoms. The normalized spacial score (nSPS) is 23.0. The molecule has 2 rings (SSSR count). The monoisotopic (exact) mass is 312 g/mol. The van der Waals surface area contributed by atoms with Crippen LogP contribution in [0, 0.1) is 0 Å². The number of hydrogen-bond donors (Lipinski definition) is 2. The van der Waals surface area contributed by atoms with Gasteiger partial charge in [-0.15, -0.1) is 0 Å². The number of anilines is 1. The van der Waals surface area contributed by atoms with Crippen LogP contribution in [0.15, 0.2) is 22.7 Å². The summed E-state index contributed by atoms with van der Waals surface area (Å²) >= 11 is 3.33. The summed E-state index contributed by atoms with van der Waals surface area (Å²) in [6.45, 7) is 3.30. The molecular formula is C13H17BrN2O2. The van der Waals surface area contributed by atoms with Gasteiger partial charge >= 0.3 is 0 Å². The summed E-state index contributed by atoms with van der Waals surface area (Å²) in [5, 5.41) is 2.88. The third kappa shape index (κ3) is 3.03. The van der Waals surface area contributed by atoms with Gasteiger partial charge in [0.25, 0.3) is 5.91 Å². The zero-order chi connectivity index (χ0) is 13.2. The minimum Gasteiger partial charge on any atom is -0.398 e. The first-order valence-electron chi connectivity index (χ1n) is 5.97. The molecule has 0 bridgehead atoms. The molecule has 98 valence electrons. The number of nitrogens with one attached hydrogen (secondary N) is 1. The topological polar surface area (TPSA) is 64.4 Å². The van der Waals surface area contributed by atoms with Crippen LogP contribution in [0.25, 0.3) is 0 Å². The van der Waals surface area contributed by atoms with Crippen LogP contribution in [0.5, 0.6) is 0 Å². The van der Waals surface area contributed by atoms with Gasteiger partial charge in [-0.3, -0.25) is 4.79 Å². The van der Waals surface area contributed by atoms with E-state index in [0.717, 1.165) is 23.9 Å². The van der Waals surface area contributed by atoms with Crippen molar-refractivity contribution in [3.05, 3.63) is 28.2 Å². The summed E-state index contributed by atoms with van der Waals surface area (Å²) in [6.07, 6.45) is 2.02. The average Bonchev–Trinajstić information content (AvgIpc) is 2.77. The van der Waals surface area contributed by atoms with Crippen molar-refractivity contribution in [2.75, 3.05) is 18.9 Å². The first-order chi connectivity index (χ1) is 8.50. The quantitative estimate of drug-likeness (QED) is 0.842. The number of nitrogen functional groups attached to an aromatic ring is 1. The highest BCUT2D eigenvalue weighted by Crippen LogP contribution is 2.24. The van der Waals surface area contributed by atoms with E-state index in [2.05, 4.69) is 21.2 Å². The van der Waals surface area contributed by atoms with Crippen LogP contribution in [0.4, 0.5) is 5.69 Å². The minimum absolute atomic E-state index is 0.162. The van der Waals surface area contributed by atoms with Crippen LogP contribution >= 0.6 is 15.9 Å². The molecule has 0 saturated carbocycles. The van der Waals surface area contributed by atoms with Gasteiger partial charge in [-0.2, -0.15) is 0 Å². The molecule has 4 nitrogen and oxygen atoms in total. The van der Waals surface area contributed by atoms with Gasteiger partial charge in [-0.1, -0.05) is 15.9 Å². The zero-order valence-corrected chi connectivity index (χ0v) is 11.9. The van der Waals surface area contributed by atoms with Crippen molar-refractivity contribution in [2.24, 2.45) is 0 Å². The molecule has 1 saturated heterocycles. The van der Waals surface area contributed by atoms with Gasteiger partial charge < -0.3 is 15.8 Å². The maximum Gasteiger partial charge on any atom is 0.253 e. The summed E-state index contributed by atoms with van der Waals surface area (Å²) < 4.78 is 6.46. The van der Waals surface area contributed by atoms with E-state index in [-0.39, 0.29) is 11.5 Å². The van der Waals surface area contributed by atoms with E-state index in [9.17, 15) is 4.79 Å². The fraction of sp³-hybridized carbons (Fsp3) is 0.462. The lowest BCUT2D eigenvalue weighted by atomic mass is 10.0. The molecule has 1 fully saturated rings. The first kappa shape index (κ1) is 13.4. The minimum atomic E-state index is -0.240. The molecule has 1 aliphatic rings. The Kier molecular flexibility index (Phi) is 3.92. The molecule has 0 aromatic heterocycles. The van der Waals surface area contributed by atoms with E-state index in [4.69, 9.17) is 10.5 Å². The molecule has 1 aromatic rings. The van der Waals surface area contributed by atoms with Crippen LogP contribution in [0.1, 0.15) is 30.1 Å². The second-order valence-corrected chi connectivity index (χ2v) is 5.73. The van der Waals surface area contributed by atoms with Crippen molar-refractivity contribution in [1.82, 2.24) is 5.32 Å². The summed E-state index contributed by atoms with van der Waals surface area (Å²) in [5.41, 5.74) is 6.53. The van der Waals surface area contributed by atoms with E-state index < -0.39 is 0 Å². The number of carbonyl (C=O) groups excluding carboxylic acids is 1. The Labute approximate surface area is 115 Å². The van der Waals surface area contributed by atoms with Crippen molar-refractivity contribution in [1.29, 1.82) is 0 Å². The largest absolute Gasteiger partial charge is 0.398 e. The third-order valence-corrected chi connectivity index (χ3v) is 3.68.